The van der Waals surface area contributed by atoms with Crippen molar-refractivity contribution in [1.82, 2.24) is 10.2 Å². The van der Waals surface area contributed by atoms with Crippen LogP contribution in [0.2, 0.25) is 5.02 Å². The number of nitrogens with one attached hydrogen (secondary N) is 1. The van der Waals surface area contributed by atoms with Gasteiger partial charge in [-0.25, -0.2) is 12.8 Å². The van der Waals surface area contributed by atoms with E-state index >= 15 is 0 Å². The maximum absolute atomic E-state index is 14.1. The predicted octanol–water partition coefficient (Wildman–Crippen LogP) is 5.93. The summed E-state index contributed by atoms with van der Waals surface area (Å²) in [5, 5.41) is 3.54. The summed E-state index contributed by atoms with van der Waals surface area (Å²) in [5.74, 6) is -1.40. The molecule has 0 heterocycles. The number of sulfonamides is 1. The van der Waals surface area contributed by atoms with E-state index < -0.39 is 34.3 Å². The summed E-state index contributed by atoms with van der Waals surface area (Å²) < 4.78 is 42.3. The van der Waals surface area contributed by atoms with Gasteiger partial charge in [-0.05, 0) is 67.3 Å². The van der Waals surface area contributed by atoms with E-state index in [1.807, 2.05) is 6.92 Å². The Bertz CT molecular complexity index is 1430. The molecule has 1 atom stereocenters. The van der Waals surface area contributed by atoms with Gasteiger partial charge in [-0.15, -0.1) is 0 Å². The van der Waals surface area contributed by atoms with Crippen molar-refractivity contribution in [3.8, 4) is 0 Å². The van der Waals surface area contributed by atoms with Crippen molar-refractivity contribution in [1.29, 1.82) is 0 Å². The Morgan fingerprint density at radius 1 is 0.951 bits per heavy atom. The summed E-state index contributed by atoms with van der Waals surface area (Å²) in [6.45, 7) is 1.23. The average molecular weight is 600 g/mol. The van der Waals surface area contributed by atoms with Crippen molar-refractivity contribution in [2.24, 2.45) is 0 Å². The number of nitrogens with zero attached hydrogens (tertiary/aromatic N) is 2. The van der Waals surface area contributed by atoms with Gasteiger partial charge in [0.1, 0.15) is 18.4 Å². The van der Waals surface area contributed by atoms with Crippen LogP contribution in [-0.4, -0.2) is 43.8 Å². The van der Waals surface area contributed by atoms with Crippen LogP contribution in [0.5, 0.6) is 0 Å². The quantitative estimate of drug-likeness (QED) is 0.296. The number of benzene rings is 3. The highest BCUT2D eigenvalue weighted by atomic mass is 35.5. The van der Waals surface area contributed by atoms with Crippen LogP contribution in [0, 0.1) is 5.82 Å². The van der Waals surface area contributed by atoms with Gasteiger partial charge in [-0.2, -0.15) is 0 Å². The van der Waals surface area contributed by atoms with Crippen LogP contribution < -0.4 is 9.62 Å². The molecule has 1 N–H and O–H groups in total. The van der Waals surface area contributed by atoms with Gasteiger partial charge in [0.25, 0.3) is 10.0 Å². The highest BCUT2D eigenvalue weighted by Crippen LogP contribution is 2.26. The fourth-order valence-electron chi connectivity index (χ4n) is 5.13. The minimum atomic E-state index is -4.22. The van der Waals surface area contributed by atoms with Crippen molar-refractivity contribution in [2.75, 3.05) is 10.8 Å². The Hall–Kier alpha value is -3.43. The zero-order chi connectivity index (χ0) is 29.4. The number of carbonyl (C=O) groups excluding carboxylic acids is 2. The van der Waals surface area contributed by atoms with Gasteiger partial charge >= 0.3 is 0 Å². The highest BCUT2D eigenvalue weighted by molar-refractivity contribution is 7.92. The third kappa shape index (κ3) is 7.65. The van der Waals surface area contributed by atoms with Crippen LogP contribution in [0.15, 0.2) is 83.8 Å². The maximum Gasteiger partial charge on any atom is 0.264 e. The van der Waals surface area contributed by atoms with Crippen LogP contribution in [0.4, 0.5) is 10.1 Å². The zero-order valence-corrected chi connectivity index (χ0v) is 24.6. The smallest absolute Gasteiger partial charge is 0.264 e. The molecule has 0 aliphatic heterocycles. The molecule has 10 heteroatoms. The Balaban J connectivity index is 1.70. The second kappa shape index (κ2) is 14.0. The van der Waals surface area contributed by atoms with E-state index in [0.29, 0.717) is 17.0 Å². The second-order valence-corrected chi connectivity index (χ2v) is 12.5. The minimum absolute atomic E-state index is 0.0116. The zero-order valence-electron chi connectivity index (χ0n) is 23.0. The lowest BCUT2D eigenvalue weighted by Crippen LogP contribution is -2.54. The fraction of sp³-hybridized carbons (Fsp3) is 0.355. The van der Waals surface area contributed by atoms with Crippen molar-refractivity contribution in [3.05, 3.63) is 95.3 Å². The molecule has 1 aliphatic carbocycles. The second-order valence-electron chi connectivity index (χ2n) is 10.2. The van der Waals surface area contributed by atoms with Crippen LogP contribution in [-0.2, 0) is 26.2 Å². The first-order valence-corrected chi connectivity index (χ1v) is 15.7. The SMILES string of the molecule is CC[C@@H](C(=O)NC1CCCCC1)N(Cc1ccccc1Cl)C(=O)CN(c1ccc(F)cc1)S(=O)(=O)c1ccccc1. The first kappa shape index (κ1) is 30.5. The van der Waals surface area contributed by atoms with E-state index in [-0.39, 0.29) is 29.1 Å². The summed E-state index contributed by atoms with van der Waals surface area (Å²) in [4.78, 5) is 29.1. The Morgan fingerprint density at radius 2 is 1.59 bits per heavy atom. The summed E-state index contributed by atoms with van der Waals surface area (Å²) in [7, 11) is -4.22. The number of carbonyl (C=O) groups is 2. The molecule has 3 aromatic rings. The van der Waals surface area contributed by atoms with Crippen molar-refractivity contribution in [3.63, 3.8) is 0 Å². The van der Waals surface area contributed by atoms with Crippen LogP contribution in [0.25, 0.3) is 0 Å². The summed E-state index contributed by atoms with van der Waals surface area (Å²) in [5.41, 5.74) is 0.756. The van der Waals surface area contributed by atoms with Crippen LogP contribution in [0.3, 0.4) is 0 Å². The van der Waals surface area contributed by atoms with Crippen LogP contribution >= 0.6 is 11.6 Å². The largest absolute Gasteiger partial charge is 0.352 e. The van der Waals surface area contributed by atoms with Gasteiger partial charge in [0.15, 0.2) is 0 Å². The molecule has 0 unspecified atom stereocenters. The number of hydrogen-bond acceptors (Lipinski definition) is 4. The normalized spacial score (nSPS) is 14.7. The predicted molar refractivity (Wildman–Crippen MR) is 158 cm³/mol. The van der Waals surface area contributed by atoms with Crippen molar-refractivity contribution >= 4 is 39.1 Å². The molecular formula is C31H35ClFN3O4S. The van der Waals surface area contributed by atoms with Gasteiger partial charge in [-0.3, -0.25) is 13.9 Å². The first-order chi connectivity index (χ1) is 19.7. The molecule has 41 heavy (non-hydrogen) atoms. The van der Waals surface area contributed by atoms with Gasteiger partial charge in [-0.1, -0.05) is 74.2 Å². The lowest BCUT2D eigenvalue weighted by atomic mass is 9.95. The lowest BCUT2D eigenvalue weighted by molar-refractivity contribution is -0.140. The molecule has 1 saturated carbocycles. The molecule has 1 aliphatic rings. The van der Waals surface area contributed by atoms with E-state index in [1.54, 1.807) is 42.5 Å². The topological polar surface area (TPSA) is 86.8 Å². The molecule has 4 rings (SSSR count). The number of halogens is 2. The molecule has 1 fully saturated rings. The number of amides is 2. The van der Waals surface area contributed by atoms with Crippen LogP contribution in [0.1, 0.15) is 51.0 Å². The van der Waals surface area contributed by atoms with Gasteiger partial charge in [0.2, 0.25) is 11.8 Å². The van der Waals surface area contributed by atoms with Gasteiger partial charge in [0.05, 0.1) is 10.6 Å². The Labute approximate surface area is 246 Å². The Morgan fingerprint density at radius 3 is 2.22 bits per heavy atom. The van der Waals surface area contributed by atoms with E-state index in [0.717, 1.165) is 48.5 Å². The molecule has 0 spiro atoms. The van der Waals surface area contributed by atoms with Gasteiger partial charge < -0.3 is 10.2 Å². The van der Waals surface area contributed by atoms with Gasteiger partial charge in [0, 0.05) is 17.6 Å². The molecule has 2 amide bonds. The average Bonchev–Trinajstić information content (AvgIpc) is 2.98. The molecule has 7 nitrogen and oxygen atoms in total. The molecule has 0 radical (unpaired) electrons. The number of hydrogen-bond donors (Lipinski definition) is 1. The molecule has 0 saturated heterocycles. The van der Waals surface area contributed by atoms with Crippen molar-refractivity contribution < 1.29 is 22.4 Å². The van der Waals surface area contributed by atoms with E-state index in [1.165, 1.54) is 29.2 Å². The standard InChI is InChI=1S/C31H35ClFN3O4S/c1-2-29(31(38)34-25-12-5-3-6-13-25)35(21-23-11-9-10-16-28(23)32)30(37)22-36(26-19-17-24(33)18-20-26)41(39,40)27-14-7-4-8-15-27/h4,7-11,14-20,25,29H,2-3,5-6,12-13,21-22H2,1H3,(H,34,38)/t29-/m0/s1. The third-order valence-electron chi connectivity index (χ3n) is 7.36. The molecule has 218 valence electrons. The molecular weight excluding hydrogens is 565 g/mol. The van der Waals surface area contributed by atoms with E-state index in [9.17, 15) is 22.4 Å². The molecule has 3 aromatic carbocycles. The molecule has 0 bridgehead atoms. The lowest BCUT2D eigenvalue weighted by Gasteiger charge is -2.34. The highest BCUT2D eigenvalue weighted by Gasteiger charge is 2.34. The monoisotopic (exact) mass is 599 g/mol. The summed E-state index contributed by atoms with van der Waals surface area (Å²) in [6, 6.07) is 18.9. The summed E-state index contributed by atoms with van der Waals surface area (Å²) in [6.07, 6.45) is 5.29. The minimum Gasteiger partial charge on any atom is -0.352 e. The number of anilines is 1. The van der Waals surface area contributed by atoms with E-state index in [2.05, 4.69) is 5.32 Å². The fourth-order valence-corrected chi connectivity index (χ4v) is 6.76. The third-order valence-corrected chi connectivity index (χ3v) is 9.52. The summed E-state index contributed by atoms with van der Waals surface area (Å²) >= 11 is 6.44. The van der Waals surface area contributed by atoms with E-state index in [4.69, 9.17) is 11.6 Å². The molecule has 0 aromatic heterocycles. The Kier molecular flexibility index (Phi) is 10.4. The van der Waals surface area contributed by atoms with Crippen molar-refractivity contribution in [2.45, 2.75) is 69.0 Å². The maximum atomic E-state index is 14.1. The first-order valence-electron chi connectivity index (χ1n) is 13.9. The number of rotatable bonds is 11.